The first kappa shape index (κ1) is 17.2. The third-order valence-corrected chi connectivity index (χ3v) is 3.25. The lowest BCUT2D eigenvalue weighted by Crippen LogP contribution is -2.46. The van der Waals surface area contributed by atoms with Crippen molar-refractivity contribution < 1.29 is 9.59 Å². The highest BCUT2D eigenvalue weighted by molar-refractivity contribution is 5.98. The molecule has 5 heteroatoms. The van der Waals surface area contributed by atoms with Crippen LogP contribution in [0.4, 0.5) is 0 Å². The summed E-state index contributed by atoms with van der Waals surface area (Å²) in [4.78, 5) is 24.3. The van der Waals surface area contributed by atoms with Gasteiger partial charge in [-0.3, -0.25) is 9.59 Å². The second-order valence-corrected chi connectivity index (χ2v) is 5.47. The molecular formula is C16H25N3O2. The Morgan fingerprint density at radius 1 is 1.24 bits per heavy atom. The summed E-state index contributed by atoms with van der Waals surface area (Å²) in [6.45, 7) is 4.52. The molecule has 0 heterocycles. The molecule has 1 aromatic carbocycles. The molecule has 0 aliphatic carbocycles. The minimum absolute atomic E-state index is 0.173. The first-order valence-corrected chi connectivity index (χ1v) is 7.30. The highest BCUT2D eigenvalue weighted by atomic mass is 16.2. The molecule has 0 spiro atoms. The molecule has 0 saturated carbocycles. The molecule has 5 nitrogen and oxygen atoms in total. The van der Waals surface area contributed by atoms with Crippen molar-refractivity contribution in [2.45, 2.75) is 32.7 Å². The maximum atomic E-state index is 12.4. The first-order valence-electron chi connectivity index (χ1n) is 7.30. The van der Waals surface area contributed by atoms with Gasteiger partial charge in [0.25, 0.3) is 5.91 Å². The number of likely N-dealkylation sites (N-methyl/N-ethyl adjacent to an activating group) is 1. The quantitative estimate of drug-likeness (QED) is 0.703. The molecule has 21 heavy (non-hydrogen) atoms. The van der Waals surface area contributed by atoms with Gasteiger partial charge in [-0.1, -0.05) is 32.0 Å². The fourth-order valence-electron chi connectivity index (χ4n) is 2.23. The summed E-state index contributed by atoms with van der Waals surface area (Å²) in [5.41, 5.74) is 7.06. The average Bonchev–Trinajstić information content (AvgIpc) is 2.46. The number of hydrogen-bond donors (Lipinski definition) is 3. The Morgan fingerprint density at radius 2 is 1.90 bits per heavy atom. The van der Waals surface area contributed by atoms with E-state index in [-0.39, 0.29) is 11.8 Å². The van der Waals surface area contributed by atoms with E-state index in [1.807, 2.05) is 32.0 Å². The first-order chi connectivity index (χ1) is 9.99. The van der Waals surface area contributed by atoms with Crippen molar-refractivity contribution in [2.24, 2.45) is 11.7 Å². The lowest BCUT2D eigenvalue weighted by Gasteiger charge is -2.20. The number of amides is 2. The Bertz CT molecular complexity index is 486. The fraction of sp³-hybridized carbons (Fsp3) is 0.500. The number of carbonyl (C=O) groups excluding carboxylic acids is 2. The lowest BCUT2D eigenvalue weighted by molar-refractivity contribution is -0.122. The fourth-order valence-corrected chi connectivity index (χ4v) is 2.23. The van der Waals surface area contributed by atoms with Crippen molar-refractivity contribution in [3.05, 3.63) is 35.4 Å². The number of carbonyl (C=O) groups is 2. The molecule has 0 fully saturated rings. The van der Waals surface area contributed by atoms with Crippen LogP contribution in [-0.4, -0.2) is 31.4 Å². The van der Waals surface area contributed by atoms with Crippen molar-refractivity contribution in [3.8, 4) is 0 Å². The predicted molar refractivity (Wildman–Crippen MR) is 84.0 cm³/mol. The van der Waals surface area contributed by atoms with Crippen LogP contribution in [0.15, 0.2) is 24.3 Å². The van der Waals surface area contributed by atoms with Gasteiger partial charge in [-0.25, -0.2) is 0 Å². The Labute approximate surface area is 126 Å². The van der Waals surface area contributed by atoms with Gasteiger partial charge in [0.2, 0.25) is 5.91 Å². The third-order valence-electron chi connectivity index (χ3n) is 3.25. The molecule has 4 N–H and O–H groups in total. The van der Waals surface area contributed by atoms with Crippen LogP contribution in [0.25, 0.3) is 0 Å². The number of hydrogen-bond acceptors (Lipinski definition) is 3. The molecule has 0 radical (unpaired) electrons. The molecule has 1 aromatic rings. The molecule has 0 aliphatic rings. The van der Waals surface area contributed by atoms with Gasteiger partial charge in [-0.05, 0) is 36.9 Å². The van der Waals surface area contributed by atoms with E-state index in [0.717, 1.165) is 5.56 Å². The van der Waals surface area contributed by atoms with Crippen LogP contribution in [0, 0.1) is 5.92 Å². The van der Waals surface area contributed by atoms with Crippen LogP contribution < -0.4 is 16.4 Å². The van der Waals surface area contributed by atoms with Gasteiger partial charge in [0.1, 0.15) is 6.04 Å². The number of nitrogens with one attached hydrogen (secondary N) is 2. The zero-order valence-electron chi connectivity index (χ0n) is 13.0. The van der Waals surface area contributed by atoms with Crippen LogP contribution in [0.3, 0.4) is 0 Å². The van der Waals surface area contributed by atoms with Gasteiger partial charge in [-0.15, -0.1) is 0 Å². The molecule has 0 aromatic heterocycles. The van der Waals surface area contributed by atoms with E-state index in [2.05, 4.69) is 10.6 Å². The Balaban J connectivity index is 2.89. The smallest absolute Gasteiger partial charge is 0.252 e. The highest BCUT2D eigenvalue weighted by Crippen LogP contribution is 2.11. The van der Waals surface area contributed by atoms with Crippen LogP contribution in [0.1, 0.15) is 36.2 Å². The van der Waals surface area contributed by atoms with Crippen molar-refractivity contribution in [1.29, 1.82) is 0 Å². The van der Waals surface area contributed by atoms with Crippen LogP contribution in [-0.2, 0) is 11.2 Å². The summed E-state index contributed by atoms with van der Waals surface area (Å²) < 4.78 is 0. The van der Waals surface area contributed by atoms with Crippen molar-refractivity contribution in [2.75, 3.05) is 13.6 Å². The Kier molecular flexibility index (Phi) is 6.88. The molecule has 0 bridgehead atoms. The van der Waals surface area contributed by atoms with Gasteiger partial charge in [-0.2, -0.15) is 0 Å². The minimum Gasteiger partial charge on any atom is -0.357 e. The maximum Gasteiger partial charge on any atom is 0.252 e. The standard InChI is InChI=1S/C16H25N3O2/c1-11(2)10-14(16(21)18-3)19-15(20)13-7-5-4-6-12(13)8-9-17/h4-7,11,14H,8-10,17H2,1-3H3,(H,18,21)(H,19,20). The summed E-state index contributed by atoms with van der Waals surface area (Å²) in [5, 5.41) is 5.42. The van der Waals surface area contributed by atoms with E-state index in [1.54, 1.807) is 13.1 Å². The van der Waals surface area contributed by atoms with Gasteiger partial charge in [0, 0.05) is 12.6 Å². The Hall–Kier alpha value is -1.88. The van der Waals surface area contributed by atoms with Gasteiger partial charge in [0.15, 0.2) is 0 Å². The number of rotatable bonds is 7. The maximum absolute atomic E-state index is 12.4. The molecule has 1 rings (SSSR count). The summed E-state index contributed by atoms with van der Waals surface area (Å²) >= 11 is 0. The monoisotopic (exact) mass is 291 g/mol. The van der Waals surface area contributed by atoms with E-state index in [4.69, 9.17) is 5.73 Å². The molecule has 0 aliphatic heterocycles. The summed E-state index contributed by atoms with van der Waals surface area (Å²) in [6, 6.07) is 6.82. The average molecular weight is 291 g/mol. The predicted octanol–water partition coefficient (Wildman–Crippen LogP) is 1.08. The van der Waals surface area contributed by atoms with Crippen molar-refractivity contribution in [1.82, 2.24) is 10.6 Å². The SMILES string of the molecule is CNC(=O)C(CC(C)C)NC(=O)c1ccccc1CCN. The summed E-state index contributed by atoms with van der Waals surface area (Å²) in [7, 11) is 1.57. The van der Waals surface area contributed by atoms with E-state index in [0.29, 0.717) is 30.9 Å². The van der Waals surface area contributed by atoms with Crippen molar-refractivity contribution >= 4 is 11.8 Å². The molecule has 1 unspecified atom stereocenters. The second kappa shape index (κ2) is 8.42. The van der Waals surface area contributed by atoms with Crippen LogP contribution in [0.2, 0.25) is 0 Å². The molecule has 0 saturated heterocycles. The van der Waals surface area contributed by atoms with Crippen LogP contribution >= 0.6 is 0 Å². The second-order valence-electron chi connectivity index (χ2n) is 5.47. The summed E-state index contributed by atoms with van der Waals surface area (Å²) in [5.74, 6) is -0.0893. The molecule has 2 amide bonds. The topological polar surface area (TPSA) is 84.2 Å². The largest absolute Gasteiger partial charge is 0.357 e. The van der Waals surface area contributed by atoms with E-state index >= 15 is 0 Å². The zero-order chi connectivity index (χ0) is 15.8. The Morgan fingerprint density at radius 3 is 2.48 bits per heavy atom. The normalized spacial score (nSPS) is 12.0. The minimum atomic E-state index is -0.520. The van der Waals surface area contributed by atoms with Gasteiger partial charge in [0.05, 0.1) is 0 Å². The lowest BCUT2D eigenvalue weighted by atomic mass is 10.0. The number of benzene rings is 1. The molecule has 116 valence electrons. The van der Waals surface area contributed by atoms with Gasteiger partial charge < -0.3 is 16.4 Å². The van der Waals surface area contributed by atoms with E-state index < -0.39 is 6.04 Å². The van der Waals surface area contributed by atoms with E-state index in [1.165, 1.54) is 0 Å². The molecule has 1 atom stereocenters. The molecular weight excluding hydrogens is 266 g/mol. The zero-order valence-corrected chi connectivity index (χ0v) is 13.0. The van der Waals surface area contributed by atoms with Gasteiger partial charge >= 0.3 is 0 Å². The third kappa shape index (κ3) is 5.19. The highest BCUT2D eigenvalue weighted by Gasteiger charge is 2.22. The number of nitrogens with two attached hydrogens (primary N) is 1. The van der Waals surface area contributed by atoms with E-state index in [9.17, 15) is 9.59 Å². The summed E-state index contributed by atoms with van der Waals surface area (Å²) in [6.07, 6.45) is 1.24. The van der Waals surface area contributed by atoms with Crippen molar-refractivity contribution in [3.63, 3.8) is 0 Å². The van der Waals surface area contributed by atoms with Crippen LogP contribution in [0.5, 0.6) is 0 Å².